The van der Waals surface area contributed by atoms with Gasteiger partial charge < -0.3 is 14.1 Å². The first-order chi connectivity index (χ1) is 11.9. The van der Waals surface area contributed by atoms with Crippen LogP contribution in [0.1, 0.15) is 30.6 Å². The number of benzene rings is 1. The number of ether oxygens (including phenoxy) is 1. The molecule has 1 saturated carbocycles. The number of hydrogen-bond donors (Lipinski definition) is 1. The molecule has 1 N–H and O–H groups in total. The fourth-order valence-electron chi connectivity index (χ4n) is 4.52. The average Bonchev–Trinajstić information content (AvgIpc) is 3.22. The molecule has 1 aromatic carbocycles. The van der Waals surface area contributed by atoms with Gasteiger partial charge in [-0.25, -0.2) is 5.10 Å². The zero-order chi connectivity index (χ0) is 17.8. The van der Waals surface area contributed by atoms with Crippen LogP contribution in [-0.4, -0.2) is 46.8 Å². The van der Waals surface area contributed by atoms with Crippen molar-refractivity contribution in [1.29, 1.82) is 0 Å². The van der Waals surface area contributed by atoms with Crippen molar-refractivity contribution in [3.63, 3.8) is 0 Å². The summed E-state index contributed by atoms with van der Waals surface area (Å²) in [6, 6.07) is 7.45. The van der Waals surface area contributed by atoms with Crippen LogP contribution in [0.2, 0.25) is 0 Å². The summed E-state index contributed by atoms with van der Waals surface area (Å²) < 4.78 is 11.1. The third-order valence-corrected chi connectivity index (χ3v) is 5.77. The maximum Gasteiger partial charge on any atom is 0.284 e. The first-order valence-corrected chi connectivity index (χ1v) is 8.85. The lowest BCUT2D eigenvalue weighted by Gasteiger charge is -2.57. The summed E-state index contributed by atoms with van der Waals surface area (Å²) in [5, 5.41) is 6.59. The molecule has 1 saturated heterocycles. The van der Waals surface area contributed by atoms with Crippen LogP contribution < -0.4 is 0 Å². The predicted octanol–water partition coefficient (Wildman–Crippen LogP) is 3.28. The minimum atomic E-state index is -0.0146. The second kappa shape index (κ2) is 5.78. The van der Waals surface area contributed by atoms with E-state index < -0.39 is 0 Å². The van der Waals surface area contributed by atoms with Crippen LogP contribution in [0.5, 0.6) is 0 Å². The van der Waals surface area contributed by atoms with Crippen molar-refractivity contribution in [3.05, 3.63) is 34.7 Å². The lowest BCUT2D eigenvalue weighted by molar-refractivity contribution is -0.139. The molecular formula is C18H21N3O3S. The number of H-pyrrole nitrogens is 1. The van der Waals surface area contributed by atoms with E-state index in [0.717, 1.165) is 18.6 Å². The Hall–Kier alpha value is -1.99. The number of amides is 1. The molecule has 1 aliphatic carbocycles. The Morgan fingerprint density at radius 2 is 2.08 bits per heavy atom. The van der Waals surface area contributed by atoms with Gasteiger partial charge >= 0.3 is 0 Å². The number of nitrogens with zero attached hydrogens (tertiary/aromatic N) is 2. The summed E-state index contributed by atoms with van der Waals surface area (Å²) in [6.45, 7) is 5.16. The molecule has 132 valence electrons. The minimum Gasteiger partial charge on any atom is -0.409 e. The molecule has 1 amide bonds. The van der Waals surface area contributed by atoms with Gasteiger partial charge in [0, 0.05) is 42.2 Å². The Morgan fingerprint density at radius 1 is 1.36 bits per heavy atom. The molecule has 0 unspecified atom stereocenters. The van der Waals surface area contributed by atoms with Gasteiger partial charge in [-0.2, -0.15) is 0 Å². The van der Waals surface area contributed by atoms with E-state index in [1.165, 1.54) is 0 Å². The van der Waals surface area contributed by atoms with Crippen molar-refractivity contribution < 1.29 is 13.9 Å². The lowest BCUT2D eigenvalue weighted by atomic mass is 9.56. The standard InChI is InChI=1S/C18H21N3O3S/c1-18(2)13(12-8-9-23-14(12)18)21(3)16(22)11-6-4-10(5-7-11)15-19-20-17(25)24-15/h4-7,12-14H,8-9H2,1-3H3,(H,20,25)/t12-,13+,14+/m0/s1. The fraction of sp³-hybridized carbons (Fsp3) is 0.500. The molecule has 6 nitrogen and oxygen atoms in total. The molecule has 1 aliphatic heterocycles. The Bertz CT molecular complexity index is 855. The highest BCUT2D eigenvalue weighted by Gasteiger charge is 2.61. The van der Waals surface area contributed by atoms with Crippen LogP contribution in [0.15, 0.2) is 28.7 Å². The van der Waals surface area contributed by atoms with E-state index in [9.17, 15) is 4.79 Å². The topological polar surface area (TPSA) is 71.4 Å². The Kier molecular flexibility index (Phi) is 3.81. The van der Waals surface area contributed by atoms with Crippen molar-refractivity contribution in [2.75, 3.05) is 13.7 Å². The van der Waals surface area contributed by atoms with Crippen molar-refractivity contribution in [2.24, 2.45) is 11.3 Å². The first-order valence-electron chi connectivity index (χ1n) is 8.44. The number of aromatic nitrogens is 2. The zero-order valence-electron chi connectivity index (χ0n) is 14.5. The first kappa shape index (κ1) is 16.5. The molecule has 0 radical (unpaired) electrons. The molecule has 3 atom stereocenters. The van der Waals surface area contributed by atoms with Gasteiger partial charge in [0.2, 0.25) is 5.89 Å². The summed E-state index contributed by atoms with van der Waals surface area (Å²) in [4.78, 5) is 15.0. The highest BCUT2D eigenvalue weighted by Crippen LogP contribution is 2.54. The quantitative estimate of drug-likeness (QED) is 0.852. The summed E-state index contributed by atoms with van der Waals surface area (Å²) in [7, 11) is 1.89. The molecule has 2 fully saturated rings. The summed E-state index contributed by atoms with van der Waals surface area (Å²) >= 11 is 4.89. The van der Waals surface area contributed by atoms with Crippen LogP contribution in [0.4, 0.5) is 0 Å². The summed E-state index contributed by atoms with van der Waals surface area (Å²) in [5.41, 5.74) is 1.41. The normalized spacial score (nSPS) is 26.8. The van der Waals surface area contributed by atoms with Gasteiger partial charge in [0.1, 0.15) is 0 Å². The van der Waals surface area contributed by atoms with Crippen molar-refractivity contribution in [3.8, 4) is 11.5 Å². The number of carbonyl (C=O) groups excluding carboxylic acids is 1. The molecule has 2 aromatic rings. The predicted molar refractivity (Wildman–Crippen MR) is 94.6 cm³/mol. The zero-order valence-corrected chi connectivity index (χ0v) is 15.3. The number of carbonyl (C=O) groups is 1. The SMILES string of the molecule is CN(C(=O)c1ccc(-c2n[nH]c(=S)o2)cc1)[C@@H]1[C@@H]2CCO[C@H]2C1(C)C. The molecule has 25 heavy (non-hydrogen) atoms. The molecule has 0 spiro atoms. The maximum atomic E-state index is 12.9. The third kappa shape index (κ3) is 2.53. The molecule has 2 aliphatic rings. The third-order valence-electron chi connectivity index (χ3n) is 5.59. The summed E-state index contributed by atoms with van der Waals surface area (Å²) in [6.07, 6.45) is 1.29. The van der Waals surface area contributed by atoms with Crippen LogP contribution in [0.3, 0.4) is 0 Å². The molecule has 4 rings (SSSR count). The molecular weight excluding hydrogens is 338 g/mol. The van der Waals surface area contributed by atoms with E-state index in [-0.39, 0.29) is 28.3 Å². The number of nitrogens with one attached hydrogen (secondary N) is 1. The summed E-state index contributed by atoms with van der Waals surface area (Å²) in [5.74, 6) is 0.887. The highest BCUT2D eigenvalue weighted by molar-refractivity contribution is 7.71. The Morgan fingerprint density at radius 3 is 2.72 bits per heavy atom. The Balaban J connectivity index is 1.53. The lowest BCUT2D eigenvalue weighted by Crippen LogP contribution is -2.66. The van der Waals surface area contributed by atoms with E-state index >= 15 is 0 Å². The monoisotopic (exact) mass is 359 g/mol. The van der Waals surface area contributed by atoms with E-state index in [2.05, 4.69) is 24.0 Å². The van der Waals surface area contributed by atoms with E-state index in [0.29, 0.717) is 17.4 Å². The van der Waals surface area contributed by atoms with Gasteiger partial charge in [-0.05, 0) is 42.9 Å². The van der Waals surface area contributed by atoms with Gasteiger partial charge in [0.05, 0.1) is 6.10 Å². The molecule has 2 heterocycles. The molecule has 0 bridgehead atoms. The van der Waals surface area contributed by atoms with Gasteiger partial charge in [-0.3, -0.25) is 4.79 Å². The van der Waals surface area contributed by atoms with Crippen LogP contribution in [0.25, 0.3) is 11.5 Å². The number of aromatic amines is 1. The number of fused-ring (bicyclic) bond motifs is 1. The maximum absolute atomic E-state index is 12.9. The van der Waals surface area contributed by atoms with Crippen LogP contribution >= 0.6 is 12.2 Å². The highest BCUT2D eigenvalue weighted by atomic mass is 32.1. The van der Waals surface area contributed by atoms with Crippen molar-refractivity contribution >= 4 is 18.1 Å². The van der Waals surface area contributed by atoms with Gasteiger partial charge in [0.25, 0.3) is 10.7 Å². The van der Waals surface area contributed by atoms with Crippen molar-refractivity contribution in [2.45, 2.75) is 32.4 Å². The second-order valence-corrected chi connectivity index (χ2v) is 7.79. The average molecular weight is 359 g/mol. The number of rotatable bonds is 3. The van der Waals surface area contributed by atoms with Crippen molar-refractivity contribution in [1.82, 2.24) is 15.1 Å². The second-order valence-electron chi connectivity index (χ2n) is 7.42. The fourth-order valence-corrected chi connectivity index (χ4v) is 4.65. The van der Waals surface area contributed by atoms with Crippen LogP contribution in [-0.2, 0) is 4.74 Å². The van der Waals surface area contributed by atoms with Gasteiger partial charge in [0.15, 0.2) is 0 Å². The number of hydrogen-bond acceptors (Lipinski definition) is 5. The van der Waals surface area contributed by atoms with Crippen LogP contribution in [0, 0.1) is 16.2 Å². The van der Waals surface area contributed by atoms with Gasteiger partial charge in [-0.1, -0.05) is 13.8 Å². The van der Waals surface area contributed by atoms with E-state index in [1.54, 1.807) is 12.1 Å². The Labute approximate surface area is 151 Å². The minimum absolute atomic E-state index is 0.0146. The molecule has 1 aromatic heterocycles. The van der Waals surface area contributed by atoms with Gasteiger partial charge in [-0.15, -0.1) is 5.10 Å². The van der Waals surface area contributed by atoms with E-state index in [1.807, 2.05) is 24.1 Å². The molecule has 7 heteroatoms. The van der Waals surface area contributed by atoms with E-state index in [4.69, 9.17) is 21.4 Å². The smallest absolute Gasteiger partial charge is 0.284 e. The largest absolute Gasteiger partial charge is 0.409 e.